The van der Waals surface area contributed by atoms with Crippen molar-refractivity contribution in [2.24, 2.45) is 0 Å². The summed E-state index contributed by atoms with van der Waals surface area (Å²) in [5.74, 6) is 0. The van der Waals surface area contributed by atoms with Crippen LogP contribution >= 0.6 is 0 Å². The molecule has 0 fully saturated rings. The third kappa shape index (κ3) is 14.2. The van der Waals surface area contributed by atoms with Crippen molar-refractivity contribution in [3.05, 3.63) is 521 Å². The molecule has 5 heteroatoms. The quantitative estimate of drug-likeness (QED) is 0.114. The third-order valence-corrected chi connectivity index (χ3v) is 30.4. The minimum absolute atomic E-state index is 0.866. The molecule has 0 N–H and O–H groups in total. The Morgan fingerprint density at radius 3 is 0.856 bits per heavy atom. The van der Waals surface area contributed by atoms with Crippen LogP contribution in [0.25, 0.3) is 280 Å². The Hall–Kier alpha value is -18.8. The van der Waals surface area contributed by atoms with Gasteiger partial charge < -0.3 is 17.8 Å². The summed E-state index contributed by atoms with van der Waals surface area (Å²) in [5, 5.41) is 24.4. The number of pyridine rings is 1. The third-order valence-electron chi connectivity index (χ3n) is 30.4. The average Bonchev–Trinajstić information content (AvgIpc) is 1.30. The second kappa shape index (κ2) is 35.8. The van der Waals surface area contributed by atoms with Crippen LogP contribution in [-0.4, -0.2) is 9.55 Å². The van der Waals surface area contributed by atoms with E-state index in [4.69, 9.17) is 18.2 Å². The van der Waals surface area contributed by atoms with Gasteiger partial charge in [0.25, 0.3) is 0 Å². The molecule has 0 bridgehead atoms. The van der Waals surface area contributed by atoms with Gasteiger partial charge in [-0.15, -0.1) is 0 Å². The van der Waals surface area contributed by atoms with E-state index >= 15 is 0 Å². The van der Waals surface area contributed by atoms with Gasteiger partial charge in [0.15, 0.2) is 0 Å². The molecule has 684 valence electrons. The number of hydrogen-bond donors (Lipinski definition) is 0. The zero-order valence-electron chi connectivity index (χ0n) is 79.9. The van der Waals surface area contributed by atoms with Gasteiger partial charge in [-0.25, -0.2) is 0 Å². The zero-order valence-corrected chi connectivity index (χ0v) is 79.9. The summed E-state index contributed by atoms with van der Waals surface area (Å²) in [7, 11) is 0. The highest BCUT2D eigenvalue weighted by Crippen LogP contribution is 2.54. The maximum atomic E-state index is 6.53. The summed E-state index contributed by atoms with van der Waals surface area (Å²) < 4.78 is 21.8. The number of rotatable bonds is 12. The van der Waals surface area contributed by atoms with E-state index in [1.54, 1.807) is 0 Å². The van der Waals surface area contributed by atoms with E-state index in [2.05, 4.69) is 484 Å². The van der Waals surface area contributed by atoms with Crippen molar-refractivity contribution in [1.82, 2.24) is 9.55 Å². The summed E-state index contributed by atoms with van der Waals surface area (Å²) in [5.41, 5.74) is 38.5. The Morgan fingerprint density at radius 1 is 0.178 bits per heavy atom. The van der Waals surface area contributed by atoms with Gasteiger partial charge in [-0.3, -0.25) is 4.98 Å². The molecular weight excluding hydrogens is 1770 g/mol. The van der Waals surface area contributed by atoms with Gasteiger partial charge in [-0.1, -0.05) is 413 Å². The molecule has 0 unspecified atom stereocenters. The highest BCUT2D eigenvalue weighted by molar-refractivity contribution is 6.27. The molecule has 0 atom stereocenters. The number of benzene rings is 24. The van der Waals surface area contributed by atoms with Crippen molar-refractivity contribution >= 4 is 152 Å². The first kappa shape index (κ1) is 85.2. The fourth-order valence-corrected chi connectivity index (χ4v) is 24.2. The van der Waals surface area contributed by atoms with Crippen LogP contribution in [0.4, 0.5) is 0 Å². The lowest BCUT2D eigenvalue weighted by atomic mass is 9.81. The monoisotopic (exact) mass is 1860 g/mol. The molecule has 5 nitrogen and oxygen atoms in total. The van der Waals surface area contributed by atoms with Crippen LogP contribution in [0.2, 0.25) is 0 Å². The number of hydrogen-bond acceptors (Lipinski definition) is 4. The molecule has 0 radical (unpaired) electrons. The average molecular weight is 1860 g/mol. The number of aromatic nitrogens is 2. The molecule has 5 aromatic heterocycles. The van der Waals surface area contributed by atoms with E-state index in [0.29, 0.717) is 0 Å². The lowest BCUT2D eigenvalue weighted by Crippen LogP contribution is -2.04. The highest BCUT2D eigenvalue weighted by Gasteiger charge is 2.29. The van der Waals surface area contributed by atoms with E-state index in [1.165, 1.54) is 210 Å². The molecule has 5 heterocycles. The Labute approximate surface area is 843 Å². The Balaban J connectivity index is 0.000000106. The second-order valence-electron chi connectivity index (χ2n) is 38.5. The van der Waals surface area contributed by atoms with Gasteiger partial charge in [0.2, 0.25) is 0 Å². The van der Waals surface area contributed by atoms with Crippen LogP contribution < -0.4 is 0 Å². The maximum Gasteiger partial charge on any atom is 0.137 e. The van der Waals surface area contributed by atoms with Gasteiger partial charge in [0, 0.05) is 60.6 Å². The van der Waals surface area contributed by atoms with E-state index in [-0.39, 0.29) is 0 Å². The van der Waals surface area contributed by atoms with Gasteiger partial charge in [0.1, 0.15) is 33.5 Å². The molecule has 146 heavy (non-hydrogen) atoms. The van der Waals surface area contributed by atoms with Crippen molar-refractivity contribution in [2.75, 3.05) is 0 Å². The molecule has 0 spiro atoms. The number of furan rings is 3. The summed E-state index contributed by atoms with van der Waals surface area (Å²) in [4.78, 5) is 4.83. The van der Waals surface area contributed by atoms with Gasteiger partial charge in [-0.05, 0) is 293 Å². The SMILES string of the molecule is c1ccc(-c2c3ccccc3c(-c3cccc(-c4ccc5oc6ccccc6c5c4-c4cccc5c4CCCC5)c3)c3ccccc23)cc1.c1ccc(-c2c3ccccc3c(-c3cccc(-c4ccc5oc6ccccc6c5c4-c4ccccn4)c3)c3ccccc23)cc1.c1ccc(-c2c3ccccc3c(-c3cccc(-c4ccc5oc6ccccc6c5c4-n4c5ccccc5c5ccccc54)c3)c3ccccc23)cc1. The molecule has 0 amide bonds. The minimum Gasteiger partial charge on any atom is -0.456 e. The molecule has 1 aliphatic rings. The number of fused-ring (bicyclic) bond motifs is 19. The van der Waals surface area contributed by atoms with Gasteiger partial charge >= 0.3 is 0 Å². The van der Waals surface area contributed by atoms with E-state index in [1.807, 2.05) is 30.5 Å². The van der Waals surface area contributed by atoms with Crippen LogP contribution in [-0.2, 0) is 12.8 Å². The largest absolute Gasteiger partial charge is 0.456 e. The van der Waals surface area contributed by atoms with Crippen LogP contribution in [0.15, 0.2) is 523 Å². The summed E-state index contributed by atoms with van der Waals surface area (Å²) >= 11 is 0. The maximum absolute atomic E-state index is 6.53. The second-order valence-corrected chi connectivity index (χ2v) is 38.5. The molecular formula is C141H92N2O3. The van der Waals surface area contributed by atoms with E-state index in [9.17, 15) is 0 Å². The summed E-state index contributed by atoms with van der Waals surface area (Å²) in [6, 6.07) is 182. The molecule has 24 aromatic carbocycles. The predicted molar refractivity (Wildman–Crippen MR) is 615 cm³/mol. The molecule has 30 rings (SSSR count). The van der Waals surface area contributed by atoms with E-state index in [0.717, 1.165) is 107 Å². The van der Waals surface area contributed by atoms with Crippen LogP contribution in [0.1, 0.15) is 24.0 Å². The Bertz CT molecular complexity index is 10000. The summed E-state index contributed by atoms with van der Waals surface area (Å²) in [6.45, 7) is 0. The smallest absolute Gasteiger partial charge is 0.137 e. The van der Waals surface area contributed by atoms with Gasteiger partial charge in [0.05, 0.1) is 27.8 Å². The van der Waals surface area contributed by atoms with Crippen LogP contribution in [0.5, 0.6) is 0 Å². The fourth-order valence-electron chi connectivity index (χ4n) is 24.2. The highest BCUT2D eigenvalue weighted by atomic mass is 16.3. The zero-order chi connectivity index (χ0) is 96.2. The Morgan fingerprint density at radius 2 is 0.466 bits per heavy atom. The van der Waals surface area contributed by atoms with Crippen LogP contribution in [0, 0.1) is 0 Å². The topological polar surface area (TPSA) is 57.2 Å². The number of nitrogens with zero attached hydrogens (tertiary/aromatic N) is 2. The van der Waals surface area contributed by atoms with Crippen molar-refractivity contribution < 1.29 is 13.3 Å². The Kier molecular flexibility index (Phi) is 20.9. The van der Waals surface area contributed by atoms with Crippen molar-refractivity contribution in [3.63, 3.8) is 0 Å². The lowest BCUT2D eigenvalue weighted by Gasteiger charge is -2.22. The minimum atomic E-state index is 0.866. The predicted octanol–water partition coefficient (Wildman–Crippen LogP) is 39.4. The standard InChI is InChI=1S/C50H31NO.C48H34O.C43H27NO/c1-2-15-32(16-3-1)47-38-21-4-6-23-40(38)48(41-24-7-5-22-39(41)47)34-18-14-17-33(31-34)35-29-30-46-49(42-25-10-13-28-45(42)52-46)50(35)51-43-26-11-8-19-36(43)37-20-9-12-27-44(37)51;1-2-15-32(16-3-1)45-38-21-6-8-23-40(38)46(41-24-9-7-22-39(41)45)34-19-12-18-33(30-34)36-28-29-44-48(42-25-10-11-27-43(42)49-44)47(36)37-26-13-17-31-14-4-5-20-35(31)37;1-2-13-28(14-3-1)40-32-17-4-6-19-34(32)41(35-20-7-5-18-33(35)40)30-16-12-15-29(27-30)31-24-25-39-43(36-21-8-9-23-38(36)45-39)42(31)37-22-10-11-26-44-37/h1-31H;1-3,6-13,15-19,21-30H,4-5,14,20H2;1-27H. The first-order valence-corrected chi connectivity index (χ1v) is 50.6. The van der Waals surface area contributed by atoms with Crippen molar-refractivity contribution in [1.29, 1.82) is 0 Å². The van der Waals surface area contributed by atoms with Crippen LogP contribution in [0.3, 0.4) is 0 Å². The molecule has 0 saturated carbocycles. The summed E-state index contributed by atoms with van der Waals surface area (Å²) in [6.07, 6.45) is 6.62. The first-order chi connectivity index (χ1) is 72.5. The fraction of sp³-hybridized carbons (Fsp3) is 0.0284. The van der Waals surface area contributed by atoms with E-state index < -0.39 is 0 Å². The van der Waals surface area contributed by atoms with Crippen molar-refractivity contribution in [2.45, 2.75) is 25.7 Å². The lowest BCUT2D eigenvalue weighted by molar-refractivity contribution is 0.668. The first-order valence-electron chi connectivity index (χ1n) is 50.6. The van der Waals surface area contributed by atoms with Gasteiger partial charge in [-0.2, -0.15) is 0 Å². The molecule has 0 saturated heterocycles. The molecule has 1 aliphatic carbocycles. The number of para-hydroxylation sites is 5. The molecule has 0 aliphatic heterocycles. The normalized spacial score (nSPS) is 12.1. The molecule has 29 aromatic rings. The number of aryl methyl sites for hydroxylation is 1. The van der Waals surface area contributed by atoms with Crippen molar-refractivity contribution in [3.8, 4) is 128 Å².